The molecular formula is C11H22N2O4S. The lowest BCUT2D eigenvalue weighted by Crippen LogP contribution is -2.47. The van der Waals surface area contributed by atoms with Crippen LogP contribution in [0.3, 0.4) is 0 Å². The van der Waals surface area contributed by atoms with Crippen LogP contribution in [0.2, 0.25) is 0 Å². The van der Waals surface area contributed by atoms with Crippen LogP contribution in [0, 0.1) is 0 Å². The van der Waals surface area contributed by atoms with Crippen molar-refractivity contribution in [2.75, 3.05) is 38.8 Å². The quantitative estimate of drug-likeness (QED) is 0.612. The van der Waals surface area contributed by atoms with Crippen molar-refractivity contribution < 1.29 is 19.4 Å². The Kier molecular flexibility index (Phi) is 9.49. The SMILES string of the molecule is CCOCCN(C)C(=O)N[C@H](CCSC)C(=O)O. The first-order chi connectivity index (χ1) is 8.52. The van der Waals surface area contributed by atoms with Crippen molar-refractivity contribution in [3.63, 3.8) is 0 Å². The maximum atomic E-state index is 11.7. The fourth-order valence-corrected chi connectivity index (χ4v) is 1.67. The molecule has 0 aromatic heterocycles. The minimum absolute atomic E-state index is 0.386. The number of carbonyl (C=O) groups is 2. The average molecular weight is 278 g/mol. The Labute approximate surface area is 112 Å². The largest absolute Gasteiger partial charge is 0.480 e. The third-order valence-corrected chi connectivity index (χ3v) is 2.97. The first-order valence-electron chi connectivity index (χ1n) is 5.84. The standard InChI is InChI=1S/C11H22N2O4S/c1-4-17-7-6-13(2)11(16)12-9(10(14)15)5-8-18-3/h9H,4-8H2,1-3H3,(H,12,16)(H,14,15)/t9-/m1/s1. The van der Waals surface area contributed by atoms with Crippen LogP contribution < -0.4 is 5.32 Å². The van der Waals surface area contributed by atoms with Crippen LogP contribution in [0.1, 0.15) is 13.3 Å². The van der Waals surface area contributed by atoms with Gasteiger partial charge in [-0.05, 0) is 25.4 Å². The van der Waals surface area contributed by atoms with Crippen molar-refractivity contribution in [1.82, 2.24) is 10.2 Å². The van der Waals surface area contributed by atoms with Gasteiger partial charge in [0.15, 0.2) is 0 Å². The number of carboxylic acids is 1. The number of thioether (sulfide) groups is 1. The number of carboxylic acid groups (broad SMARTS) is 1. The molecule has 0 radical (unpaired) electrons. The second-order valence-electron chi connectivity index (χ2n) is 3.74. The second kappa shape index (κ2) is 10.0. The summed E-state index contributed by atoms with van der Waals surface area (Å²) in [6, 6.07) is -1.22. The van der Waals surface area contributed by atoms with Gasteiger partial charge in [-0.2, -0.15) is 11.8 Å². The summed E-state index contributed by atoms with van der Waals surface area (Å²) in [5, 5.41) is 11.5. The molecule has 0 aromatic rings. The number of rotatable bonds is 9. The van der Waals surface area contributed by atoms with Crippen molar-refractivity contribution in [2.45, 2.75) is 19.4 Å². The highest BCUT2D eigenvalue weighted by Gasteiger charge is 2.20. The Morgan fingerprint density at radius 2 is 2.17 bits per heavy atom. The minimum atomic E-state index is -1.00. The van der Waals surface area contributed by atoms with E-state index in [1.54, 1.807) is 18.8 Å². The molecular weight excluding hydrogens is 256 g/mol. The smallest absolute Gasteiger partial charge is 0.326 e. The molecule has 106 valence electrons. The molecule has 2 N–H and O–H groups in total. The molecule has 6 nitrogen and oxygen atoms in total. The van der Waals surface area contributed by atoms with E-state index in [9.17, 15) is 9.59 Å². The molecule has 0 aromatic carbocycles. The van der Waals surface area contributed by atoms with E-state index in [1.165, 1.54) is 4.90 Å². The molecule has 0 bridgehead atoms. The number of carbonyl (C=O) groups excluding carboxylic acids is 1. The number of hydrogen-bond donors (Lipinski definition) is 2. The number of urea groups is 1. The molecule has 2 amide bonds. The van der Waals surface area contributed by atoms with E-state index in [1.807, 2.05) is 13.2 Å². The van der Waals surface area contributed by atoms with Crippen LogP contribution in [0.5, 0.6) is 0 Å². The maximum absolute atomic E-state index is 11.7. The summed E-state index contributed by atoms with van der Waals surface area (Å²) in [6.07, 6.45) is 2.32. The third-order valence-electron chi connectivity index (χ3n) is 2.33. The number of ether oxygens (including phenoxy) is 1. The normalized spacial score (nSPS) is 11.9. The second-order valence-corrected chi connectivity index (χ2v) is 4.73. The summed E-state index contributed by atoms with van der Waals surface area (Å²) in [5.74, 6) is -0.310. The van der Waals surface area contributed by atoms with E-state index < -0.39 is 12.0 Å². The number of nitrogens with zero attached hydrogens (tertiary/aromatic N) is 1. The zero-order chi connectivity index (χ0) is 14.0. The van der Waals surface area contributed by atoms with Crippen molar-refractivity contribution in [3.05, 3.63) is 0 Å². The van der Waals surface area contributed by atoms with Gasteiger partial charge in [-0.25, -0.2) is 9.59 Å². The molecule has 0 heterocycles. The van der Waals surface area contributed by atoms with Crippen molar-refractivity contribution in [2.24, 2.45) is 0 Å². The average Bonchev–Trinajstić information content (AvgIpc) is 2.33. The molecule has 1 atom stereocenters. The van der Waals surface area contributed by atoms with Crippen LogP contribution in [-0.4, -0.2) is 66.9 Å². The molecule has 0 saturated carbocycles. The van der Waals surface area contributed by atoms with Gasteiger partial charge in [0.2, 0.25) is 0 Å². The number of likely N-dealkylation sites (N-methyl/N-ethyl adjacent to an activating group) is 1. The summed E-state index contributed by atoms with van der Waals surface area (Å²) >= 11 is 1.55. The molecule has 0 aliphatic carbocycles. The van der Waals surface area contributed by atoms with E-state index in [-0.39, 0.29) is 6.03 Å². The van der Waals surface area contributed by atoms with Gasteiger partial charge < -0.3 is 20.1 Å². The number of nitrogens with one attached hydrogen (secondary N) is 1. The topological polar surface area (TPSA) is 78.9 Å². The van der Waals surface area contributed by atoms with Gasteiger partial charge in [0.25, 0.3) is 0 Å². The highest BCUT2D eigenvalue weighted by atomic mass is 32.2. The molecule has 0 rings (SSSR count). The molecule has 0 spiro atoms. The van der Waals surface area contributed by atoms with E-state index in [0.717, 1.165) is 0 Å². The molecule has 0 aliphatic heterocycles. The maximum Gasteiger partial charge on any atom is 0.326 e. The van der Waals surface area contributed by atoms with Crippen LogP contribution in [0.4, 0.5) is 4.79 Å². The van der Waals surface area contributed by atoms with Gasteiger partial charge >= 0.3 is 12.0 Å². The Morgan fingerprint density at radius 3 is 2.67 bits per heavy atom. The van der Waals surface area contributed by atoms with Gasteiger partial charge in [-0.15, -0.1) is 0 Å². The fourth-order valence-electron chi connectivity index (χ4n) is 1.20. The summed E-state index contributed by atoms with van der Waals surface area (Å²) < 4.78 is 5.13. The Balaban J connectivity index is 4.10. The van der Waals surface area contributed by atoms with Crippen LogP contribution in [0.25, 0.3) is 0 Å². The highest BCUT2D eigenvalue weighted by Crippen LogP contribution is 2.01. The van der Waals surface area contributed by atoms with E-state index in [4.69, 9.17) is 9.84 Å². The molecule has 7 heteroatoms. The molecule has 0 saturated heterocycles. The molecule has 0 fully saturated rings. The van der Waals surface area contributed by atoms with E-state index >= 15 is 0 Å². The molecule has 0 aliphatic rings. The van der Waals surface area contributed by atoms with Gasteiger partial charge in [0.05, 0.1) is 6.61 Å². The lowest BCUT2D eigenvalue weighted by atomic mass is 10.2. The number of aliphatic carboxylic acids is 1. The third kappa shape index (κ3) is 7.39. The zero-order valence-corrected chi connectivity index (χ0v) is 12.0. The molecule has 18 heavy (non-hydrogen) atoms. The fraction of sp³-hybridized carbons (Fsp3) is 0.818. The summed E-state index contributed by atoms with van der Waals surface area (Å²) in [7, 11) is 1.61. The van der Waals surface area contributed by atoms with Gasteiger partial charge in [0.1, 0.15) is 6.04 Å². The van der Waals surface area contributed by atoms with Crippen LogP contribution in [0.15, 0.2) is 0 Å². The summed E-state index contributed by atoms with van der Waals surface area (Å²) in [5.41, 5.74) is 0. The van der Waals surface area contributed by atoms with Crippen molar-refractivity contribution in [3.8, 4) is 0 Å². The predicted molar refractivity (Wildman–Crippen MR) is 72.1 cm³/mol. The van der Waals surface area contributed by atoms with Gasteiger partial charge in [0, 0.05) is 20.2 Å². The Morgan fingerprint density at radius 1 is 1.50 bits per heavy atom. The predicted octanol–water partition coefficient (Wildman–Crippen LogP) is 0.871. The number of hydrogen-bond acceptors (Lipinski definition) is 4. The number of amides is 2. The van der Waals surface area contributed by atoms with E-state index in [2.05, 4.69) is 5.32 Å². The molecule has 0 unspecified atom stereocenters. The van der Waals surface area contributed by atoms with Crippen molar-refractivity contribution in [1.29, 1.82) is 0 Å². The zero-order valence-electron chi connectivity index (χ0n) is 11.1. The van der Waals surface area contributed by atoms with Crippen LogP contribution >= 0.6 is 11.8 Å². The van der Waals surface area contributed by atoms with Gasteiger partial charge in [-0.3, -0.25) is 0 Å². The summed E-state index contributed by atoms with van der Waals surface area (Å²) in [6.45, 7) is 3.36. The summed E-state index contributed by atoms with van der Waals surface area (Å²) in [4.78, 5) is 24.1. The lowest BCUT2D eigenvalue weighted by molar-refractivity contribution is -0.139. The monoisotopic (exact) mass is 278 g/mol. The highest BCUT2D eigenvalue weighted by molar-refractivity contribution is 7.98. The minimum Gasteiger partial charge on any atom is -0.480 e. The first kappa shape index (κ1) is 17.1. The van der Waals surface area contributed by atoms with Gasteiger partial charge in [-0.1, -0.05) is 0 Å². The Hall–Kier alpha value is -0.950. The lowest BCUT2D eigenvalue weighted by Gasteiger charge is -2.21. The van der Waals surface area contributed by atoms with Crippen LogP contribution in [-0.2, 0) is 9.53 Å². The van der Waals surface area contributed by atoms with Crippen molar-refractivity contribution >= 4 is 23.8 Å². The first-order valence-corrected chi connectivity index (χ1v) is 7.23. The van der Waals surface area contributed by atoms with E-state index in [0.29, 0.717) is 31.9 Å². The Bertz CT molecular complexity index is 263.